The molecule has 32 heavy (non-hydrogen) atoms. The molecule has 4 rings (SSSR count). The lowest BCUT2D eigenvalue weighted by Crippen LogP contribution is -2.23. The maximum absolute atomic E-state index is 12.8. The minimum Gasteiger partial charge on any atom is -0.348 e. The van der Waals surface area contributed by atoms with Crippen LogP contribution < -0.4 is 11.1 Å². The van der Waals surface area contributed by atoms with Gasteiger partial charge in [0.1, 0.15) is 5.01 Å². The second kappa shape index (κ2) is 9.51. The Bertz CT molecular complexity index is 1220. The number of carbonyl (C=O) groups is 1. The number of amides is 1. The molecule has 1 amide bonds. The van der Waals surface area contributed by atoms with Crippen LogP contribution in [0.3, 0.4) is 0 Å². The van der Waals surface area contributed by atoms with E-state index in [1.54, 1.807) is 11.3 Å². The van der Waals surface area contributed by atoms with Gasteiger partial charge in [0.15, 0.2) is 0 Å². The molecular weight excluding hydrogens is 416 g/mol. The highest BCUT2D eigenvalue weighted by atomic mass is 32.1. The third-order valence-electron chi connectivity index (χ3n) is 5.70. The van der Waals surface area contributed by atoms with E-state index in [-0.39, 0.29) is 5.91 Å². The minimum absolute atomic E-state index is 0.0640. The molecule has 2 aromatic heterocycles. The molecule has 0 spiro atoms. The molecule has 5 nitrogen and oxygen atoms in total. The Morgan fingerprint density at radius 1 is 1.03 bits per heavy atom. The van der Waals surface area contributed by atoms with Gasteiger partial charge in [0.05, 0.1) is 17.8 Å². The van der Waals surface area contributed by atoms with E-state index in [9.17, 15) is 4.79 Å². The van der Waals surface area contributed by atoms with Crippen molar-refractivity contribution in [3.63, 3.8) is 0 Å². The van der Waals surface area contributed by atoms with E-state index in [0.29, 0.717) is 25.2 Å². The Morgan fingerprint density at radius 3 is 2.41 bits per heavy atom. The van der Waals surface area contributed by atoms with Crippen LogP contribution in [0.25, 0.3) is 10.6 Å². The number of nitrogens with one attached hydrogen (secondary N) is 1. The zero-order valence-electron chi connectivity index (χ0n) is 18.7. The molecule has 0 aliphatic rings. The van der Waals surface area contributed by atoms with Crippen LogP contribution in [0.2, 0.25) is 0 Å². The monoisotopic (exact) mass is 444 g/mol. The van der Waals surface area contributed by atoms with Crippen molar-refractivity contribution in [3.05, 3.63) is 99.3 Å². The van der Waals surface area contributed by atoms with Gasteiger partial charge in [0.25, 0.3) is 5.91 Å². The zero-order valence-corrected chi connectivity index (χ0v) is 19.5. The van der Waals surface area contributed by atoms with Crippen molar-refractivity contribution >= 4 is 17.2 Å². The summed E-state index contributed by atoms with van der Waals surface area (Å²) in [6.07, 6.45) is 0. The van der Waals surface area contributed by atoms with Crippen LogP contribution in [0.4, 0.5) is 0 Å². The number of rotatable bonds is 7. The third-order valence-corrected chi connectivity index (χ3v) is 6.64. The molecule has 0 saturated carbocycles. The number of benzene rings is 2. The fraction of sp³-hybridized carbons (Fsp3) is 0.231. The van der Waals surface area contributed by atoms with Crippen molar-refractivity contribution in [2.45, 2.75) is 40.4 Å². The van der Waals surface area contributed by atoms with Gasteiger partial charge in [0, 0.05) is 35.4 Å². The van der Waals surface area contributed by atoms with Crippen molar-refractivity contribution in [1.82, 2.24) is 14.9 Å². The van der Waals surface area contributed by atoms with Gasteiger partial charge in [-0.2, -0.15) is 0 Å². The summed E-state index contributed by atoms with van der Waals surface area (Å²) < 4.78 is 2.15. The van der Waals surface area contributed by atoms with E-state index in [4.69, 9.17) is 10.7 Å². The van der Waals surface area contributed by atoms with E-state index in [0.717, 1.165) is 38.8 Å². The van der Waals surface area contributed by atoms with Gasteiger partial charge in [0.2, 0.25) is 0 Å². The maximum atomic E-state index is 12.8. The van der Waals surface area contributed by atoms with E-state index in [1.165, 1.54) is 5.56 Å². The van der Waals surface area contributed by atoms with Crippen molar-refractivity contribution in [1.29, 1.82) is 0 Å². The fourth-order valence-corrected chi connectivity index (χ4v) is 4.53. The molecule has 0 bridgehead atoms. The molecule has 2 aromatic carbocycles. The molecule has 0 saturated heterocycles. The second-order valence-corrected chi connectivity index (χ2v) is 8.94. The lowest BCUT2D eigenvalue weighted by Gasteiger charge is -2.09. The van der Waals surface area contributed by atoms with Gasteiger partial charge in [-0.25, -0.2) is 4.98 Å². The van der Waals surface area contributed by atoms with Crippen LogP contribution in [0.5, 0.6) is 0 Å². The van der Waals surface area contributed by atoms with Crippen LogP contribution in [-0.4, -0.2) is 15.5 Å². The molecule has 3 N–H and O–H groups in total. The van der Waals surface area contributed by atoms with Crippen molar-refractivity contribution in [2.24, 2.45) is 5.73 Å². The van der Waals surface area contributed by atoms with Crippen LogP contribution in [0.15, 0.2) is 60.0 Å². The fourth-order valence-electron chi connectivity index (χ4n) is 3.72. The number of nitrogens with zero attached hydrogens (tertiary/aromatic N) is 2. The molecule has 0 atom stereocenters. The van der Waals surface area contributed by atoms with E-state index >= 15 is 0 Å². The third kappa shape index (κ3) is 4.82. The van der Waals surface area contributed by atoms with Gasteiger partial charge in [-0.3, -0.25) is 4.79 Å². The van der Waals surface area contributed by atoms with E-state index in [2.05, 4.69) is 46.5 Å². The SMILES string of the molecule is Cc1ccc(-c2nc(Cn3c(C)cc(C(=O)NCc4ccc(CN)cc4)c3C)cs2)cc1. The lowest BCUT2D eigenvalue weighted by molar-refractivity contribution is 0.0950. The normalized spacial score (nSPS) is 11.0. The predicted octanol–water partition coefficient (Wildman–Crippen LogP) is 4.97. The summed E-state index contributed by atoms with van der Waals surface area (Å²) in [4.78, 5) is 17.7. The average molecular weight is 445 g/mol. The second-order valence-electron chi connectivity index (χ2n) is 8.08. The molecule has 0 aliphatic heterocycles. The number of carbonyl (C=O) groups excluding carboxylic acids is 1. The Morgan fingerprint density at radius 2 is 1.72 bits per heavy atom. The highest BCUT2D eigenvalue weighted by molar-refractivity contribution is 7.13. The quantitative estimate of drug-likeness (QED) is 0.422. The maximum Gasteiger partial charge on any atom is 0.253 e. The van der Waals surface area contributed by atoms with E-state index in [1.807, 2.05) is 44.2 Å². The first-order valence-corrected chi connectivity index (χ1v) is 11.6. The first-order chi connectivity index (χ1) is 15.4. The highest BCUT2D eigenvalue weighted by Gasteiger charge is 2.17. The summed E-state index contributed by atoms with van der Waals surface area (Å²) in [7, 11) is 0. The van der Waals surface area contributed by atoms with Crippen LogP contribution in [-0.2, 0) is 19.6 Å². The topological polar surface area (TPSA) is 72.9 Å². The largest absolute Gasteiger partial charge is 0.348 e. The first kappa shape index (κ1) is 22.0. The summed E-state index contributed by atoms with van der Waals surface area (Å²) in [6.45, 7) is 7.75. The number of thiazole rings is 1. The summed E-state index contributed by atoms with van der Waals surface area (Å²) in [5, 5.41) is 6.14. The summed E-state index contributed by atoms with van der Waals surface area (Å²) in [6, 6.07) is 18.4. The Labute approximate surface area is 192 Å². The first-order valence-electron chi connectivity index (χ1n) is 10.7. The number of hydrogen-bond donors (Lipinski definition) is 2. The summed E-state index contributed by atoms with van der Waals surface area (Å²) in [5.41, 5.74) is 13.8. The molecule has 6 heteroatoms. The molecule has 0 fully saturated rings. The molecular formula is C26H28N4OS. The van der Waals surface area contributed by atoms with Gasteiger partial charge in [-0.1, -0.05) is 54.1 Å². The number of aromatic nitrogens is 2. The predicted molar refractivity (Wildman–Crippen MR) is 131 cm³/mol. The van der Waals surface area contributed by atoms with Crippen molar-refractivity contribution in [2.75, 3.05) is 0 Å². The van der Waals surface area contributed by atoms with Crippen molar-refractivity contribution in [3.8, 4) is 10.6 Å². The zero-order chi connectivity index (χ0) is 22.7. The molecule has 164 valence electrons. The average Bonchev–Trinajstić information content (AvgIpc) is 3.38. The van der Waals surface area contributed by atoms with Gasteiger partial charge < -0.3 is 15.6 Å². The molecule has 0 radical (unpaired) electrons. The van der Waals surface area contributed by atoms with Gasteiger partial charge >= 0.3 is 0 Å². The van der Waals surface area contributed by atoms with E-state index < -0.39 is 0 Å². The smallest absolute Gasteiger partial charge is 0.253 e. The van der Waals surface area contributed by atoms with Crippen LogP contribution in [0, 0.1) is 20.8 Å². The van der Waals surface area contributed by atoms with Gasteiger partial charge in [-0.05, 0) is 38.0 Å². The number of hydrogen-bond acceptors (Lipinski definition) is 4. The lowest BCUT2D eigenvalue weighted by atomic mass is 10.1. The summed E-state index contributed by atoms with van der Waals surface area (Å²) in [5.74, 6) is -0.0640. The Hall–Kier alpha value is -3.22. The molecule has 4 aromatic rings. The van der Waals surface area contributed by atoms with Crippen LogP contribution in [0.1, 0.15) is 44.1 Å². The minimum atomic E-state index is -0.0640. The highest BCUT2D eigenvalue weighted by Crippen LogP contribution is 2.25. The number of aryl methyl sites for hydroxylation is 2. The molecule has 2 heterocycles. The molecule has 0 unspecified atom stereocenters. The van der Waals surface area contributed by atoms with Crippen LogP contribution >= 0.6 is 11.3 Å². The Balaban J connectivity index is 1.45. The van der Waals surface area contributed by atoms with Crippen molar-refractivity contribution < 1.29 is 4.79 Å². The Kier molecular flexibility index (Phi) is 6.53. The summed E-state index contributed by atoms with van der Waals surface area (Å²) >= 11 is 1.65. The standard InChI is InChI=1S/C26H28N4OS/c1-17-4-10-22(11-5-17)26-29-23(16-32-26)15-30-18(2)12-24(19(30)3)25(31)28-14-21-8-6-20(13-27)7-9-21/h4-12,16H,13-15,27H2,1-3H3,(H,28,31). The number of nitrogens with two attached hydrogens (primary N) is 1. The van der Waals surface area contributed by atoms with Gasteiger partial charge in [-0.15, -0.1) is 11.3 Å². The molecule has 0 aliphatic carbocycles.